The van der Waals surface area contributed by atoms with Crippen molar-refractivity contribution in [2.45, 2.75) is 25.4 Å². The second-order valence-electron chi connectivity index (χ2n) is 6.81. The SMILES string of the molecule is O=C(c1ccc(F)c(F)c1)N1CC[C@@H](N2CCc3ccccc3C2)C1. The van der Waals surface area contributed by atoms with Gasteiger partial charge in [0.1, 0.15) is 0 Å². The lowest BCUT2D eigenvalue weighted by molar-refractivity contribution is 0.0772. The van der Waals surface area contributed by atoms with Crippen LogP contribution in [-0.2, 0) is 13.0 Å². The van der Waals surface area contributed by atoms with Crippen LogP contribution in [0.15, 0.2) is 42.5 Å². The van der Waals surface area contributed by atoms with Crippen LogP contribution >= 0.6 is 0 Å². The van der Waals surface area contributed by atoms with Gasteiger partial charge in [-0.2, -0.15) is 0 Å². The summed E-state index contributed by atoms with van der Waals surface area (Å²) in [5.41, 5.74) is 2.98. The molecule has 1 atom stereocenters. The highest BCUT2D eigenvalue weighted by Crippen LogP contribution is 2.25. The van der Waals surface area contributed by atoms with Crippen molar-refractivity contribution in [3.05, 3.63) is 70.8 Å². The highest BCUT2D eigenvalue weighted by atomic mass is 19.2. The zero-order chi connectivity index (χ0) is 17.4. The average Bonchev–Trinajstić information content (AvgIpc) is 3.13. The Labute approximate surface area is 145 Å². The summed E-state index contributed by atoms with van der Waals surface area (Å²) in [6, 6.07) is 12.2. The Morgan fingerprint density at radius 3 is 2.60 bits per heavy atom. The molecule has 25 heavy (non-hydrogen) atoms. The molecule has 0 aromatic heterocycles. The minimum absolute atomic E-state index is 0.212. The van der Waals surface area contributed by atoms with Crippen LogP contribution in [0.5, 0.6) is 0 Å². The molecule has 4 rings (SSSR count). The number of hydrogen-bond donors (Lipinski definition) is 0. The predicted octanol–water partition coefficient (Wildman–Crippen LogP) is 3.24. The molecule has 1 amide bonds. The van der Waals surface area contributed by atoms with Crippen LogP contribution in [0.1, 0.15) is 27.9 Å². The van der Waals surface area contributed by atoms with Gasteiger partial charge in [-0.15, -0.1) is 0 Å². The summed E-state index contributed by atoms with van der Waals surface area (Å²) in [5, 5.41) is 0. The van der Waals surface area contributed by atoms with Crippen molar-refractivity contribution in [3.63, 3.8) is 0 Å². The number of benzene rings is 2. The number of nitrogens with zero attached hydrogens (tertiary/aromatic N) is 2. The molecule has 1 saturated heterocycles. The molecule has 2 heterocycles. The van der Waals surface area contributed by atoms with Gasteiger partial charge in [0.05, 0.1) is 0 Å². The topological polar surface area (TPSA) is 23.6 Å². The molecule has 2 aliphatic heterocycles. The molecule has 0 unspecified atom stereocenters. The Morgan fingerprint density at radius 2 is 1.80 bits per heavy atom. The molecule has 0 aliphatic carbocycles. The van der Waals surface area contributed by atoms with Crippen molar-refractivity contribution in [2.24, 2.45) is 0 Å². The number of likely N-dealkylation sites (tertiary alicyclic amines) is 1. The van der Waals surface area contributed by atoms with E-state index in [1.807, 2.05) is 0 Å². The van der Waals surface area contributed by atoms with Gasteiger partial charge >= 0.3 is 0 Å². The lowest BCUT2D eigenvalue weighted by atomic mass is 9.98. The van der Waals surface area contributed by atoms with Crippen LogP contribution in [0.2, 0.25) is 0 Å². The van der Waals surface area contributed by atoms with Crippen LogP contribution in [0.25, 0.3) is 0 Å². The van der Waals surface area contributed by atoms with Gasteiger partial charge in [0.2, 0.25) is 0 Å². The first-order valence-corrected chi connectivity index (χ1v) is 8.67. The van der Waals surface area contributed by atoms with E-state index in [2.05, 4.69) is 29.2 Å². The van der Waals surface area contributed by atoms with E-state index in [1.165, 1.54) is 17.2 Å². The highest BCUT2D eigenvalue weighted by molar-refractivity contribution is 5.94. The maximum atomic E-state index is 13.4. The van der Waals surface area contributed by atoms with Crippen molar-refractivity contribution in [1.29, 1.82) is 0 Å². The van der Waals surface area contributed by atoms with Crippen molar-refractivity contribution in [2.75, 3.05) is 19.6 Å². The van der Waals surface area contributed by atoms with Crippen LogP contribution in [0.3, 0.4) is 0 Å². The molecule has 2 aromatic carbocycles. The Balaban J connectivity index is 1.43. The van der Waals surface area contributed by atoms with E-state index in [4.69, 9.17) is 0 Å². The summed E-state index contributed by atoms with van der Waals surface area (Å²) >= 11 is 0. The van der Waals surface area contributed by atoms with Crippen LogP contribution < -0.4 is 0 Å². The van der Waals surface area contributed by atoms with E-state index in [-0.39, 0.29) is 11.5 Å². The largest absolute Gasteiger partial charge is 0.337 e. The molecule has 2 aromatic rings. The molecular formula is C20H20F2N2O. The fourth-order valence-electron chi connectivity index (χ4n) is 3.87. The number of halogens is 2. The smallest absolute Gasteiger partial charge is 0.254 e. The van der Waals surface area contributed by atoms with Crippen molar-refractivity contribution in [3.8, 4) is 0 Å². The molecule has 0 N–H and O–H groups in total. The summed E-state index contributed by atoms with van der Waals surface area (Å²) in [5.74, 6) is -2.13. The summed E-state index contributed by atoms with van der Waals surface area (Å²) in [6.45, 7) is 3.20. The van der Waals surface area contributed by atoms with Gasteiger partial charge < -0.3 is 4.90 Å². The lowest BCUT2D eigenvalue weighted by Crippen LogP contribution is -2.41. The van der Waals surface area contributed by atoms with Crippen molar-refractivity contribution >= 4 is 5.91 Å². The maximum absolute atomic E-state index is 13.4. The normalized spacial score (nSPS) is 20.6. The van der Waals surface area contributed by atoms with Gasteiger partial charge in [0, 0.05) is 37.8 Å². The summed E-state index contributed by atoms with van der Waals surface area (Å²) < 4.78 is 26.4. The second kappa shape index (κ2) is 6.56. The summed E-state index contributed by atoms with van der Waals surface area (Å²) in [4.78, 5) is 16.7. The number of amides is 1. The molecule has 3 nitrogen and oxygen atoms in total. The van der Waals surface area contributed by atoms with Gasteiger partial charge in [-0.1, -0.05) is 24.3 Å². The van der Waals surface area contributed by atoms with Crippen LogP contribution in [-0.4, -0.2) is 41.4 Å². The van der Waals surface area contributed by atoms with E-state index < -0.39 is 11.6 Å². The fourth-order valence-corrected chi connectivity index (χ4v) is 3.87. The third kappa shape index (κ3) is 3.16. The third-order valence-electron chi connectivity index (χ3n) is 5.29. The van der Waals surface area contributed by atoms with Gasteiger partial charge in [-0.05, 0) is 42.2 Å². The number of carbonyl (C=O) groups is 1. The molecule has 0 bridgehead atoms. The van der Waals surface area contributed by atoms with E-state index in [1.54, 1.807) is 4.90 Å². The molecule has 0 saturated carbocycles. The quantitative estimate of drug-likeness (QED) is 0.837. The number of fused-ring (bicyclic) bond motifs is 1. The highest BCUT2D eigenvalue weighted by Gasteiger charge is 2.32. The molecular weight excluding hydrogens is 322 g/mol. The second-order valence-corrected chi connectivity index (χ2v) is 6.81. The lowest BCUT2D eigenvalue weighted by Gasteiger charge is -2.33. The van der Waals surface area contributed by atoms with Crippen molar-refractivity contribution < 1.29 is 13.6 Å². The van der Waals surface area contributed by atoms with Crippen molar-refractivity contribution in [1.82, 2.24) is 9.80 Å². The first kappa shape index (κ1) is 16.2. The first-order chi connectivity index (χ1) is 12.1. The minimum atomic E-state index is -0.978. The van der Waals surface area contributed by atoms with Gasteiger partial charge in [-0.25, -0.2) is 8.78 Å². The number of carbonyl (C=O) groups excluding carboxylic acids is 1. The van der Waals surface area contributed by atoms with Gasteiger partial charge in [0.25, 0.3) is 5.91 Å². The van der Waals surface area contributed by atoms with E-state index in [0.717, 1.165) is 38.1 Å². The molecule has 1 fully saturated rings. The van der Waals surface area contributed by atoms with Gasteiger partial charge in [-0.3, -0.25) is 9.69 Å². The summed E-state index contributed by atoms with van der Waals surface area (Å²) in [7, 11) is 0. The predicted molar refractivity (Wildman–Crippen MR) is 91.2 cm³/mol. The molecule has 5 heteroatoms. The minimum Gasteiger partial charge on any atom is -0.337 e. The Bertz CT molecular complexity index is 808. The maximum Gasteiger partial charge on any atom is 0.254 e. The van der Waals surface area contributed by atoms with Gasteiger partial charge in [0.15, 0.2) is 11.6 Å². The standard InChI is InChI=1S/C20H20F2N2O/c21-18-6-5-15(11-19(18)22)20(25)24-10-8-17(13-24)23-9-7-14-3-1-2-4-16(14)12-23/h1-6,11,17H,7-10,12-13H2/t17-/m1/s1. The molecule has 0 radical (unpaired) electrons. The summed E-state index contributed by atoms with van der Waals surface area (Å²) in [6.07, 6.45) is 1.95. The number of hydrogen-bond acceptors (Lipinski definition) is 2. The Kier molecular flexibility index (Phi) is 4.25. The van der Waals surface area contributed by atoms with E-state index >= 15 is 0 Å². The molecule has 0 spiro atoms. The van der Waals surface area contributed by atoms with E-state index in [0.29, 0.717) is 19.1 Å². The third-order valence-corrected chi connectivity index (χ3v) is 5.29. The Hall–Kier alpha value is -2.27. The zero-order valence-electron chi connectivity index (χ0n) is 13.9. The monoisotopic (exact) mass is 342 g/mol. The molecule has 130 valence electrons. The fraction of sp³-hybridized carbons (Fsp3) is 0.350. The average molecular weight is 342 g/mol. The zero-order valence-corrected chi connectivity index (χ0v) is 13.9. The number of rotatable bonds is 2. The van der Waals surface area contributed by atoms with E-state index in [9.17, 15) is 13.6 Å². The molecule has 2 aliphatic rings. The Morgan fingerprint density at radius 1 is 1.00 bits per heavy atom. The first-order valence-electron chi connectivity index (χ1n) is 8.67. The van der Waals surface area contributed by atoms with Crippen LogP contribution in [0.4, 0.5) is 8.78 Å². The van der Waals surface area contributed by atoms with Crippen LogP contribution in [0, 0.1) is 11.6 Å².